The molecule has 2 aliphatic rings. The molecular formula is C26H36O6. The Bertz CT molecular complexity index is 772. The van der Waals surface area contributed by atoms with Crippen molar-refractivity contribution in [3.05, 3.63) is 54.1 Å². The smallest absolute Gasteiger partial charge is 0.306 e. The molecule has 0 aromatic heterocycles. The minimum absolute atomic E-state index is 0.00276. The van der Waals surface area contributed by atoms with Crippen molar-refractivity contribution in [2.24, 2.45) is 11.8 Å². The molecule has 0 saturated heterocycles. The molecule has 5 atom stereocenters. The molecule has 0 radical (unpaired) electrons. The Balaban J connectivity index is 1.48. The summed E-state index contributed by atoms with van der Waals surface area (Å²) in [6.45, 7) is 4.41. The van der Waals surface area contributed by atoms with Gasteiger partial charge in [-0.1, -0.05) is 36.4 Å². The lowest BCUT2D eigenvalue weighted by Crippen LogP contribution is -2.22. The zero-order chi connectivity index (χ0) is 22.9. The van der Waals surface area contributed by atoms with Gasteiger partial charge in [-0.15, -0.1) is 0 Å². The molecule has 1 aromatic rings. The largest absolute Gasteiger partial charge is 0.491 e. The van der Waals surface area contributed by atoms with E-state index in [1.165, 1.54) is 5.57 Å². The second-order valence-electron chi connectivity index (χ2n) is 8.96. The number of hydrogen-bond acceptors (Lipinski definition) is 6. The summed E-state index contributed by atoms with van der Waals surface area (Å²) >= 11 is 0. The van der Waals surface area contributed by atoms with Gasteiger partial charge < -0.3 is 24.4 Å². The molecule has 0 unspecified atom stereocenters. The van der Waals surface area contributed by atoms with Crippen molar-refractivity contribution in [2.75, 3.05) is 13.2 Å². The normalized spacial score (nSPS) is 26.5. The molecule has 1 fully saturated rings. The standard InChI is InChI=1S/C26H36O6/c1-18(2)32-26(29)10-6-7-19-11-13-23-22(24(28)15-25(23)31-16-19)14-12-20(27)17-30-21-8-4-3-5-9-21/h3-5,8-9,11-12,14,18,20,22-25,27-28H,6-7,10,13,15-17H2,1-2H3/b14-12+/t20-,22-,23-,24-,25-/m1/s1. The average molecular weight is 445 g/mol. The van der Waals surface area contributed by atoms with Crippen molar-refractivity contribution in [3.8, 4) is 5.75 Å². The molecule has 2 N–H and O–H groups in total. The van der Waals surface area contributed by atoms with Crippen molar-refractivity contribution in [3.63, 3.8) is 0 Å². The van der Waals surface area contributed by atoms with Gasteiger partial charge in [0.25, 0.3) is 0 Å². The number of hydrogen-bond donors (Lipinski definition) is 2. The first-order valence-electron chi connectivity index (χ1n) is 11.6. The van der Waals surface area contributed by atoms with E-state index < -0.39 is 12.2 Å². The summed E-state index contributed by atoms with van der Waals surface area (Å²) in [7, 11) is 0. The highest BCUT2D eigenvalue weighted by Gasteiger charge is 2.42. The highest BCUT2D eigenvalue weighted by atomic mass is 16.5. The fraction of sp³-hybridized carbons (Fsp3) is 0.577. The van der Waals surface area contributed by atoms with Gasteiger partial charge in [0.15, 0.2) is 0 Å². The van der Waals surface area contributed by atoms with Crippen LogP contribution in [0.15, 0.2) is 54.1 Å². The van der Waals surface area contributed by atoms with E-state index in [2.05, 4.69) is 6.08 Å². The Morgan fingerprint density at radius 2 is 2.06 bits per heavy atom. The summed E-state index contributed by atoms with van der Waals surface area (Å²) in [5.74, 6) is 0.665. The van der Waals surface area contributed by atoms with E-state index in [-0.39, 0.29) is 36.6 Å². The van der Waals surface area contributed by atoms with Gasteiger partial charge in [-0.2, -0.15) is 0 Å². The highest BCUT2D eigenvalue weighted by Crippen LogP contribution is 2.40. The van der Waals surface area contributed by atoms with E-state index in [1.54, 1.807) is 6.08 Å². The van der Waals surface area contributed by atoms with Crippen LogP contribution in [0.2, 0.25) is 0 Å². The number of aliphatic hydroxyl groups excluding tert-OH is 2. The second-order valence-corrected chi connectivity index (χ2v) is 8.96. The third kappa shape index (κ3) is 7.47. The molecule has 3 rings (SSSR count). The Labute approximate surface area is 190 Å². The maximum Gasteiger partial charge on any atom is 0.306 e. The third-order valence-corrected chi connectivity index (χ3v) is 6.02. The van der Waals surface area contributed by atoms with Crippen LogP contribution in [0.25, 0.3) is 0 Å². The van der Waals surface area contributed by atoms with Crippen LogP contribution in [0.1, 0.15) is 46.0 Å². The SMILES string of the molecule is CC(C)OC(=O)CCCC1=CC[C@@H]2[C@@H](/C=C/[C@@H](O)COc3ccccc3)[C@H](O)C[C@H]2OC1. The number of allylic oxidation sites excluding steroid dienone is 1. The molecular weight excluding hydrogens is 408 g/mol. The second kappa shape index (κ2) is 12.2. The molecule has 0 spiro atoms. The Hall–Kier alpha value is -2.15. The van der Waals surface area contributed by atoms with E-state index in [4.69, 9.17) is 14.2 Å². The van der Waals surface area contributed by atoms with Crippen LogP contribution in [-0.4, -0.2) is 53.8 Å². The third-order valence-electron chi connectivity index (χ3n) is 6.02. The van der Waals surface area contributed by atoms with E-state index >= 15 is 0 Å². The van der Waals surface area contributed by atoms with E-state index in [1.807, 2.05) is 50.3 Å². The monoisotopic (exact) mass is 444 g/mol. The van der Waals surface area contributed by atoms with Gasteiger partial charge in [-0.05, 0) is 56.7 Å². The molecule has 6 nitrogen and oxygen atoms in total. The first kappa shape index (κ1) is 24.5. The number of carbonyl (C=O) groups is 1. The predicted molar refractivity (Wildman–Crippen MR) is 122 cm³/mol. The maximum absolute atomic E-state index is 11.7. The molecule has 1 saturated carbocycles. The number of rotatable bonds is 10. The number of benzene rings is 1. The van der Waals surface area contributed by atoms with Gasteiger partial charge in [0.2, 0.25) is 0 Å². The van der Waals surface area contributed by atoms with Gasteiger partial charge >= 0.3 is 5.97 Å². The zero-order valence-corrected chi connectivity index (χ0v) is 19.1. The number of ether oxygens (including phenoxy) is 3. The molecule has 32 heavy (non-hydrogen) atoms. The highest BCUT2D eigenvalue weighted by molar-refractivity contribution is 5.69. The topological polar surface area (TPSA) is 85.2 Å². The first-order valence-corrected chi connectivity index (χ1v) is 11.6. The lowest BCUT2D eigenvalue weighted by Gasteiger charge is -2.20. The summed E-state index contributed by atoms with van der Waals surface area (Å²) < 4.78 is 16.9. The molecule has 0 bridgehead atoms. The van der Waals surface area contributed by atoms with Crippen LogP contribution in [0.5, 0.6) is 5.75 Å². The van der Waals surface area contributed by atoms with E-state index in [9.17, 15) is 15.0 Å². The fourth-order valence-corrected chi connectivity index (χ4v) is 4.42. The molecule has 6 heteroatoms. The number of fused-ring (bicyclic) bond motifs is 1. The van der Waals surface area contributed by atoms with Crippen molar-refractivity contribution < 1.29 is 29.2 Å². The summed E-state index contributed by atoms with van der Waals surface area (Å²) in [6, 6.07) is 9.38. The molecule has 0 amide bonds. The van der Waals surface area contributed by atoms with Crippen LogP contribution in [0.4, 0.5) is 0 Å². The molecule has 1 aliphatic carbocycles. The van der Waals surface area contributed by atoms with Crippen molar-refractivity contribution in [2.45, 2.75) is 70.4 Å². The van der Waals surface area contributed by atoms with Crippen LogP contribution in [-0.2, 0) is 14.3 Å². The molecule has 1 heterocycles. The summed E-state index contributed by atoms with van der Waals surface area (Å²) in [6.07, 6.45) is 7.90. The van der Waals surface area contributed by atoms with Gasteiger partial charge in [0.05, 0.1) is 24.9 Å². The number of para-hydroxylation sites is 1. The van der Waals surface area contributed by atoms with E-state index in [0.717, 1.165) is 19.3 Å². The lowest BCUT2D eigenvalue weighted by atomic mass is 9.89. The number of esters is 1. The molecule has 1 aromatic carbocycles. The minimum atomic E-state index is -0.746. The van der Waals surface area contributed by atoms with Gasteiger partial charge in [0.1, 0.15) is 18.5 Å². The average Bonchev–Trinajstić information content (AvgIpc) is 2.92. The molecule has 176 valence electrons. The van der Waals surface area contributed by atoms with Crippen LogP contribution in [0.3, 0.4) is 0 Å². The predicted octanol–water partition coefficient (Wildman–Crippen LogP) is 3.82. The molecule has 1 aliphatic heterocycles. The first-order chi connectivity index (χ1) is 15.4. The summed E-state index contributed by atoms with van der Waals surface area (Å²) in [4.78, 5) is 11.7. The van der Waals surface area contributed by atoms with Crippen LogP contribution >= 0.6 is 0 Å². The lowest BCUT2D eigenvalue weighted by molar-refractivity contribution is -0.147. The minimum Gasteiger partial charge on any atom is -0.491 e. The Morgan fingerprint density at radius 1 is 1.28 bits per heavy atom. The van der Waals surface area contributed by atoms with Crippen molar-refractivity contribution in [1.29, 1.82) is 0 Å². The number of aliphatic hydroxyl groups is 2. The van der Waals surface area contributed by atoms with E-state index in [0.29, 0.717) is 25.2 Å². The van der Waals surface area contributed by atoms with Crippen LogP contribution < -0.4 is 4.74 Å². The maximum atomic E-state index is 11.7. The Morgan fingerprint density at radius 3 is 2.81 bits per heavy atom. The van der Waals surface area contributed by atoms with Gasteiger partial charge in [0, 0.05) is 18.8 Å². The number of carbonyl (C=O) groups excluding carboxylic acids is 1. The fourth-order valence-electron chi connectivity index (χ4n) is 4.42. The zero-order valence-electron chi connectivity index (χ0n) is 19.1. The van der Waals surface area contributed by atoms with Gasteiger partial charge in [-0.25, -0.2) is 0 Å². The Kier molecular flexibility index (Phi) is 9.33. The summed E-state index contributed by atoms with van der Waals surface area (Å²) in [5.41, 5.74) is 1.20. The van der Waals surface area contributed by atoms with Gasteiger partial charge in [-0.3, -0.25) is 4.79 Å². The summed E-state index contributed by atoms with van der Waals surface area (Å²) in [5, 5.41) is 20.8. The van der Waals surface area contributed by atoms with Crippen LogP contribution in [0, 0.1) is 11.8 Å². The van der Waals surface area contributed by atoms with Crippen molar-refractivity contribution >= 4 is 5.97 Å². The van der Waals surface area contributed by atoms with Crippen molar-refractivity contribution in [1.82, 2.24) is 0 Å². The quantitative estimate of drug-likeness (QED) is 0.422.